The Morgan fingerprint density at radius 1 is 1.25 bits per heavy atom. The molecule has 152 valence electrons. The number of aryl methyl sites for hydroxylation is 1. The molecule has 1 atom stereocenters. The standard InChI is InChI=1S/C23H33N3O2/c1-18(21-9-12-25-23(27)17-21)24-13-16-26-14-10-19(11-15-26)7-8-20-5-3-4-6-22(20)28-2/h3-6,9,12,17-19,24H,7-8,10-11,13-16H2,1-2H3,(H,25,27). The predicted molar refractivity (Wildman–Crippen MR) is 114 cm³/mol. The second-order valence-corrected chi connectivity index (χ2v) is 7.80. The van der Waals surface area contributed by atoms with Crippen LogP contribution in [0.15, 0.2) is 47.4 Å². The normalized spacial score (nSPS) is 16.8. The zero-order valence-corrected chi connectivity index (χ0v) is 17.1. The van der Waals surface area contributed by atoms with Gasteiger partial charge in [-0.25, -0.2) is 0 Å². The molecule has 0 saturated carbocycles. The maximum Gasteiger partial charge on any atom is 0.248 e. The summed E-state index contributed by atoms with van der Waals surface area (Å²) in [7, 11) is 1.75. The van der Waals surface area contributed by atoms with Crippen LogP contribution in [0.5, 0.6) is 5.75 Å². The van der Waals surface area contributed by atoms with Crippen LogP contribution in [0.2, 0.25) is 0 Å². The lowest BCUT2D eigenvalue weighted by Crippen LogP contribution is -2.38. The highest BCUT2D eigenvalue weighted by Gasteiger charge is 2.19. The van der Waals surface area contributed by atoms with E-state index in [0.29, 0.717) is 0 Å². The highest BCUT2D eigenvalue weighted by Crippen LogP contribution is 2.25. The van der Waals surface area contributed by atoms with Gasteiger partial charge in [-0.05, 0) is 74.9 Å². The zero-order chi connectivity index (χ0) is 19.8. The second-order valence-electron chi connectivity index (χ2n) is 7.80. The van der Waals surface area contributed by atoms with Crippen molar-refractivity contribution in [1.29, 1.82) is 0 Å². The van der Waals surface area contributed by atoms with Crippen LogP contribution in [0, 0.1) is 5.92 Å². The minimum atomic E-state index is -0.0404. The van der Waals surface area contributed by atoms with Crippen molar-refractivity contribution in [1.82, 2.24) is 15.2 Å². The van der Waals surface area contributed by atoms with E-state index in [1.54, 1.807) is 19.4 Å². The number of methoxy groups -OCH3 is 1. The van der Waals surface area contributed by atoms with E-state index in [2.05, 4.69) is 40.3 Å². The Balaban J connectivity index is 1.34. The van der Waals surface area contributed by atoms with Gasteiger partial charge in [0.25, 0.3) is 0 Å². The van der Waals surface area contributed by atoms with Gasteiger partial charge >= 0.3 is 0 Å². The molecule has 1 aliphatic heterocycles. The van der Waals surface area contributed by atoms with Crippen LogP contribution in [0.4, 0.5) is 0 Å². The van der Waals surface area contributed by atoms with E-state index >= 15 is 0 Å². The van der Waals surface area contributed by atoms with Crippen LogP contribution in [0.25, 0.3) is 0 Å². The number of aromatic amines is 1. The van der Waals surface area contributed by atoms with Crippen molar-refractivity contribution in [3.05, 3.63) is 64.1 Å². The number of para-hydroxylation sites is 1. The van der Waals surface area contributed by atoms with Gasteiger partial charge in [0.1, 0.15) is 5.75 Å². The first-order chi connectivity index (χ1) is 13.7. The maximum absolute atomic E-state index is 11.4. The molecular weight excluding hydrogens is 350 g/mol. The van der Waals surface area contributed by atoms with Crippen LogP contribution in [-0.4, -0.2) is 43.2 Å². The monoisotopic (exact) mass is 383 g/mol. The number of piperidine rings is 1. The van der Waals surface area contributed by atoms with Crippen LogP contribution in [0.1, 0.15) is 43.4 Å². The summed E-state index contributed by atoms with van der Waals surface area (Å²) in [6.07, 6.45) is 6.61. The number of rotatable bonds is 9. The minimum absolute atomic E-state index is 0.0404. The summed E-state index contributed by atoms with van der Waals surface area (Å²) < 4.78 is 5.47. The van der Waals surface area contributed by atoms with Crippen molar-refractivity contribution in [2.75, 3.05) is 33.3 Å². The number of hydrogen-bond donors (Lipinski definition) is 2. The van der Waals surface area contributed by atoms with Crippen LogP contribution >= 0.6 is 0 Å². The molecule has 0 amide bonds. The van der Waals surface area contributed by atoms with Gasteiger partial charge in [-0.3, -0.25) is 4.79 Å². The second kappa shape index (κ2) is 10.4. The fraction of sp³-hybridized carbons (Fsp3) is 0.522. The van der Waals surface area contributed by atoms with Crippen molar-refractivity contribution in [3.8, 4) is 5.75 Å². The molecular formula is C23H33N3O2. The number of aromatic nitrogens is 1. The molecule has 3 rings (SSSR count). The Morgan fingerprint density at radius 3 is 2.79 bits per heavy atom. The number of pyridine rings is 1. The van der Waals surface area contributed by atoms with E-state index < -0.39 is 0 Å². The van der Waals surface area contributed by atoms with Crippen molar-refractivity contribution in [3.63, 3.8) is 0 Å². The van der Waals surface area contributed by atoms with Gasteiger partial charge < -0.3 is 19.9 Å². The predicted octanol–water partition coefficient (Wildman–Crippen LogP) is 3.38. The summed E-state index contributed by atoms with van der Waals surface area (Å²) in [6, 6.07) is 12.2. The van der Waals surface area contributed by atoms with E-state index in [9.17, 15) is 4.79 Å². The molecule has 0 spiro atoms. The minimum Gasteiger partial charge on any atom is -0.496 e. The molecule has 1 fully saturated rings. The highest BCUT2D eigenvalue weighted by molar-refractivity contribution is 5.33. The molecule has 1 aromatic heterocycles. The number of nitrogens with zero attached hydrogens (tertiary/aromatic N) is 1. The smallest absolute Gasteiger partial charge is 0.248 e. The number of benzene rings is 1. The molecule has 28 heavy (non-hydrogen) atoms. The molecule has 0 radical (unpaired) electrons. The summed E-state index contributed by atoms with van der Waals surface area (Å²) in [5.41, 5.74) is 2.32. The Hall–Kier alpha value is -2.11. The summed E-state index contributed by atoms with van der Waals surface area (Å²) >= 11 is 0. The fourth-order valence-corrected chi connectivity index (χ4v) is 4.06. The van der Waals surface area contributed by atoms with E-state index in [1.165, 1.54) is 37.9 Å². The Labute approximate surface area is 168 Å². The lowest BCUT2D eigenvalue weighted by atomic mass is 9.90. The number of nitrogens with one attached hydrogen (secondary N) is 2. The topological polar surface area (TPSA) is 57.4 Å². The van der Waals surface area contributed by atoms with Gasteiger partial charge in [-0.1, -0.05) is 18.2 Å². The van der Waals surface area contributed by atoms with Gasteiger partial charge in [0.15, 0.2) is 0 Å². The van der Waals surface area contributed by atoms with Gasteiger partial charge in [0.05, 0.1) is 7.11 Å². The average molecular weight is 384 g/mol. The summed E-state index contributed by atoms with van der Waals surface area (Å²) in [4.78, 5) is 16.6. The quantitative estimate of drug-likeness (QED) is 0.697. The van der Waals surface area contributed by atoms with Crippen LogP contribution < -0.4 is 15.6 Å². The molecule has 5 heteroatoms. The number of ether oxygens (including phenoxy) is 1. The SMILES string of the molecule is COc1ccccc1CCC1CCN(CCNC(C)c2cc[nH]c(=O)c2)CC1. The molecule has 1 saturated heterocycles. The van der Waals surface area contributed by atoms with Crippen LogP contribution in [-0.2, 0) is 6.42 Å². The Bertz CT molecular complexity index is 781. The highest BCUT2D eigenvalue weighted by atomic mass is 16.5. The molecule has 0 aliphatic carbocycles. The third-order valence-electron chi connectivity index (χ3n) is 5.90. The maximum atomic E-state index is 11.4. The molecule has 1 aliphatic rings. The first kappa shape index (κ1) is 20.6. The number of H-pyrrole nitrogens is 1. The number of hydrogen-bond acceptors (Lipinski definition) is 4. The third-order valence-corrected chi connectivity index (χ3v) is 5.90. The first-order valence-corrected chi connectivity index (χ1v) is 10.4. The third kappa shape index (κ3) is 5.94. The van der Waals surface area contributed by atoms with Gasteiger partial charge in [0, 0.05) is 31.4 Å². The summed E-state index contributed by atoms with van der Waals surface area (Å²) in [5, 5.41) is 3.54. The molecule has 2 heterocycles. The van der Waals surface area contributed by atoms with Gasteiger partial charge in [-0.15, -0.1) is 0 Å². The molecule has 2 N–H and O–H groups in total. The zero-order valence-electron chi connectivity index (χ0n) is 17.1. The van der Waals surface area contributed by atoms with Crippen molar-refractivity contribution in [2.24, 2.45) is 5.92 Å². The first-order valence-electron chi connectivity index (χ1n) is 10.4. The van der Waals surface area contributed by atoms with Crippen molar-refractivity contribution < 1.29 is 4.74 Å². The van der Waals surface area contributed by atoms with E-state index in [1.807, 2.05) is 12.1 Å². The van der Waals surface area contributed by atoms with Crippen molar-refractivity contribution >= 4 is 0 Å². The summed E-state index contributed by atoms with van der Waals surface area (Å²) in [6.45, 7) is 6.47. The van der Waals surface area contributed by atoms with E-state index in [-0.39, 0.29) is 11.6 Å². The lowest BCUT2D eigenvalue weighted by Gasteiger charge is -2.32. The Kier molecular flexibility index (Phi) is 7.69. The lowest BCUT2D eigenvalue weighted by molar-refractivity contribution is 0.178. The average Bonchev–Trinajstić information content (AvgIpc) is 2.73. The van der Waals surface area contributed by atoms with Crippen LogP contribution in [0.3, 0.4) is 0 Å². The Morgan fingerprint density at radius 2 is 2.04 bits per heavy atom. The fourth-order valence-electron chi connectivity index (χ4n) is 4.06. The van der Waals surface area contributed by atoms with Gasteiger partial charge in [0.2, 0.25) is 5.56 Å². The van der Waals surface area contributed by atoms with Crippen molar-refractivity contribution in [2.45, 2.75) is 38.6 Å². The molecule has 1 unspecified atom stereocenters. The van der Waals surface area contributed by atoms with Gasteiger partial charge in [-0.2, -0.15) is 0 Å². The number of likely N-dealkylation sites (tertiary alicyclic amines) is 1. The summed E-state index contributed by atoms with van der Waals surface area (Å²) in [5.74, 6) is 1.82. The largest absolute Gasteiger partial charge is 0.496 e. The molecule has 1 aromatic carbocycles. The van der Waals surface area contributed by atoms with E-state index in [0.717, 1.165) is 36.7 Å². The molecule has 0 bridgehead atoms. The molecule has 5 nitrogen and oxygen atoms in total. The molecule has 2 aromatic rings. The van der Waals surface area contributed by atoms with E-state index in [4.69, 9.17) is 4.74 Å².